The molecule has 1 aromatic heterocycles. The van der Waals surface area contributed by atoms with E-state index in [1.807, 2.05) is 0 Å². The fraction of sp³-hybridized carbons (Fsp3) is 0.545. The molecule has 1 aliphatic rings. The number of hydrogen-bond acceptors (Lipinski definition) is 4. The van der Waals surface area contributed by atoms with E-state index in [4.69, 9.17) is 9.15 Å². The lowest BCUT2D eigenvalue weighted by Crippen LogP contribution is -2.46. The highest BCUT2D eigenvalue weighted by Gasteiger charge is 2.20. The lowest BCUT2D eigenvalue weighted by molar-refractivity contribution is 0.0696. The predicted octanol–water partition coefficient (Wildman–Crippen LogP) is 0.893. The fourth-order valence-corrected chi connectivity index (χ4v) is 1.74. The largest absolute Gasteiger partial charge is 0.453 e. The van der Waals surface area contributed by atoms with Gasteiger partial charge in [-0.05, 0) is 12.1 Å². The molecule has 1 N–H and O–H groups in total. The monoisotopic (exact) mass is 260 g/mol. The van der Waals surface area contributed by atoms with Gasteiger partial charge in [-0.3, -0.25) is 4.79 Å². The van der Waals surface area contributed by atoms with E-state index in [2.05, 4.69) is 5.32 Å². The molecule has 2 rings (SSSR count). The summed E-state index contributed by atoms with van der Waals surface area (Å²) in [6.07, 6.45) is 0. The first-order valence-electron chi connectivity index (χ1n) is 5.39. The van der Waals surface area contributed by atoms with Gasteiger partial charge in [-0.25, -0.2) is 0 Å². The Morgan fingerprint density at radius 3 is 2.82 bits per heavy atom. The second-order valence-electron chi connectivity index (χ2n) is 3.74. The molecule has 0 aromatic carbocycles. The van der Waals surface area contributed by atoms with Crippen LogP contribution in [0.5, 0.6) is 0 Å². The number of rotatable bonds is 3. The van der Waals surface area contributed by atoms with Crippen LogP contribution in [0.4, 0.5) is 0 Å². The second-order valence-corrected chi connectivity index (χ2v) is 3.74. The average Bonchev–Trinajstić information content (AvgIpc) is 2.78. The van der Waals surface area contributed by atoms with Crippen molar-refractivity contribution in [3.63, 3.8) is 0 Å². The Kier molecular flexibility index (Phi) is 5.47. The third-order valence-electron chi connectivity index (χ3n) is 2.56. The normalized spacial score (nSPS) is 15.5. The number of furan rings is 1. The van der Waals surface area contributed by atoms with E-state index >= 15 is 0 Å². The Labute approximate surface area is 107 Å². The quantitative estimate of drug-likeness (QED) is 0.877. The van der Waals surface area contributed by atoms with Gasteiger partial charge in [0.05, 0.1) is 0 Å². The summed E-state index contributed by atoms with van der Waals surface area (Å²) in [5.74, 6) is 1.04. The molecule has 6 heteroatoms. The van der Waals surface area contributed by atoms with Crippen LogP contribution >= 0.6 is 12.4 Å². The number of methoxy groups -OCH3 is 1. The molecule has 2 heterocycles. The third kappa shape index (κ3) is 3.46. The van der Waals surface area contributed by atoms with E-state index in [1.54, 1.807) is 24.1 Å². The molecular formula is C11H17ClN2O3. The molecule has 96 valence electrons. The maximum atomic E-state index is 12.0. The Morgan fingerprint density at radius 1 is 1.47 bits per heavy atom. The number of ether oxygens (including phenoxy) is 1. The SMILES string of the molecule is COCc1ccc(C(=O)N2CCNCC2)o1.Cl. The molecule has 1 aromatic rings. The van der Waals surface area contributed by atoms with Crippen molar-refractivity contribution in [2.24, 2.45) is 0 Å². The Bertz CT molecular complexity index is 361. The van der Waals surface area contributed by atoms with Gasteiger partial charge in [-0.15, -0.1) is 12.4 Å². The molecule has 5 nitrogen and oxygen atoms in total. The van der Waals surface area contributed by atoms with Gasteiger partial charge in [-0.1, -0.05) is 0 Å². The van der Waals surface area contributed by atoms with Crippen molar-refractivity contribution in [2.45, 2.75) is 6.61 Å². The zero-order valence-electron chi connectivity index (χ0n) is 9.77. The summed E-state index contributed by atoms with van der Waals surface area (Å²) in [7, 11) is 1.60. The summed E-state index contributed by atoms with van der Waals surface area (Å²) in [4.78, 5) is 13.8. The van der Waals surface area contributed by atoms with Crippen molar-refractivity contribution in [3.05, 3.63) is 23.7 Å². The van der Waals surface area contributed by atoms with Crippen LogP contribution in [0.3, 0.4) is 0 Å². The standard InChI is InChI=1S/C11H16N2O3.ClH/c1-15-8-9-2-3-10(16-9)11(14)13-6-4-12-5-7-13;/h2-3,12H,4-8H2,1H3;1H. The van der Waals surface area contributed by atoms with Gasteiger partial charge in [0.15, 0.2) is 5.76 Å². The molecule has 0 aliphatic carbocycles. The van der Waals surface area contributed by atoms with Crippen LogP contribution in [0.2, 0.25) is 0 Å². The average molecular weight is 261 g/mol. The highest BCUT2D eigenvalue weighted by Crippen LogP contribution is 2.12. The van der Waals surface area contributed by atoms with E-state index in [1.165, 1.54) is 0 Å². The second kappa shape index (κ2) is 6.64. The predicted molar refractivity (Wildman–Crippen MR) is 65.4 cm³/mol. The van der Waals surface area contributed by atoms with E-state index in [-0.39, 0.29) is 18.3 Å². The summed E-state index contributed by atoms with van der Waals surface area (Å²) in [5.41, 5.74) is 0. The third-order valence-corrected chi connectivity index (χ3v) is 2.56. The van der Waals surface area contributed by atoms with Gasteiger partial charge in [0.1, 0.15) is 12.4 Å². The minimum atomic E-state index is -0.0381. The highest BCUT2D eigenvalue weighted by atomic mass is 35.5. The molecule has 0 atom stereocenters. The topological polar surface area (TPSA) is 54.7 Å². The maximum absolute atomic E-state index is 12.0. The van der Waals surface area contributed by atoms with Gasteiger partial charge in [0.2, 0.25) is 0 Å². The first-order chi connectivity index (χ1) is 7.81. The Morgan fingerprint density at radius 2 is 2.18 bits per heavy atom. The molecule has 17 heavy (non-hydrogen) atoms. The van der Waals surface area contributed by atoms with Crippen LogP contribution in [0.15, 0.2) is 16.5 Å². The number of hydrogen-bond donors (Lipinski definition) is 1. The van der Waals surface area contributed by atoms with Gasteiger partial charge < -0.3 is 19.4 Å². The van der Waals surface area contributed by atoms with Crippen molar-refractivity contribution in [1.29, 1.82) is 0 Å². The summed E-state index contributed by atoms with van der Waals surface area (Å²) in [6.45, 7) is 3.56. The lowest BCUT2D eigenvalue weighted by atomic mass is 10.3. The lowest BCUT2D eigenvalue weighted by Gasteiger charge is -2.26. The van der Waals surface area contributed by atoms with Crippen molar-refractivity contribution in [3.8, 4) is 0 Å². The van der Waals surface area contributed by atoms with Crippen LogP contribution in [-0.4, -0.2) is 44.1 Å². The molecule has 0 saturated carbocycles. The highest BCUT2D eigenvalue weighted by molar-refractivity contribution is 5.91. The molecule has 1 fully saturated rings. The molecule has 0 radical (unpaired) electrons. The Balaban J connectivity index is 0.00000144. The Hall–Kier alpha value is -1.04. The van der Waals surface area contributed by atoms with Gasteiger partial charge >= 0.3 is 0 Å². The molecule has 1 amide bonds. The van der Waals surface area contributed by atoms with Crippen molar-refractivity contribution < 1.29 is 13.9 Å². The molecular weight excluding hydrogens is 244 g/mol. The first-order valence-corrected chi connectivity index (χ1v) is 5.39. The molecule has 1 saturated heterocycles. The maximum Gasteiger partial charge on any atom is 0.289 e. The number of carbonyl (C=O) groups is 1. The number of halogens is 1. The van der Waals surface area contributed by atoms with Crippen LogP contribution < -0.4 is 5.32 Å². The number of piperazine rings is 1. The van der Waals surface area contributed by atoms with Gasteiger partial charge in [0.25, 0.3) is 5.91 Å². The number of carbonyl (C=O) groups excluding carboxylic acids is 1. The van der Waals surface area contributed by atoms with E-state index in [0.717, 1.165) is 26.2 Å². The minimum Gasteiger partial charge on any atom is -0.453 e. The number of amides is 1. The van der Waals surface area contributed by atoms with Crippen molar-refractivity contribution >= 4 is 18.3 Å². The van der Waals surface area contributed by atoms with Gasteiger partial charge in [-0.2, -0.15) is 0 Å². The molecule has 0 spiro atoms. The molecule has 0 unspecified atom stereocenters. The minimum absolute atomic E-state index is 0. The van der Waals surface area contributed by atoms with E-state index in [0.29, 0.717) is 18.1 Å². The first kappa shape index (κ1) is 14.0. The molecule has 1 aliphatic heterocycles. The van der Waals surface area contributed by atoms with Crippen molar-refractivity contribution in [1.82, 2.24) is 10.2 Å². The zero-order valence-corrected chi connectivity index (χ0v) is 10.6. The zero-order chi connectivity index (χ0) is 11.4. The number of nitrogens with one attached hydrogen (secondary N) is 1. The summed E-state index contributed by atoms with van der Waals surface area (Å²) in [5, 5.41) is 3.20. The van der Waals surface area contributed by atoms with Crippen molar-refractivity contribution in [2.75, 3.05) is 33.3 Å². The van der Waals surface area contributed by atoms with E-state index in [9.17, 15) is 4.79 Å². The van der Waals surface area contributed by atoms with Crippen LogP contribution in [0.25, 0.3) is 0 Å². The summed E-state index contributed by atoms with van der Waals surface area (Å²) >= 11 is 0. The number of nitrogens with zero attached hydrogens (tertiary/aromatic N) is 1. The smallest absolute Gasteiger partial charge is 0.289 e. The van der Waals surface area contributed by atoms with Gasteiger partial charge in [0, 0.05) is 33.3 Å². The van der Waals surface area contributed by atoms with Crippen LogP contribution in [0, 0.1) is 0 Å². The molecule has 0 bridgehead atoms. The van der Waals surface area contributed by atoms with Crippen LogP contribution in [-0.2, 0) is 11.3 Å². The van der Waals surface area contributed by atoms with E-state index < -0.39 is 0 Å². The van der Waals surface area contributed by atoms with Crippen LogP contribution in [0.1, 0.15) is 16.3 Å². The summed E-state index contributed by atoms with van der Waals surface area (Å²) in [6, 6.07) is 3.48. The summed E-state index contributed by atoms with van der Waals surface area (Å²) < 4.78 is 10.3. The fourth-order valence-electron chi connectivity index (χ4n) is 1.74.